The van der Waals surface area contributed by atoms with Crippen LogP contribution in [0.25, 0.3) is 0 Å². The molecule has 0 heterocycles. The Balaban J connectivity index is 0.00000225. The maximum atomic E-state index is 5.92. The van der Waals surface area contributed by atoms with E-state index in [1.54, 1.807) is 11.8 Å². The zero-order valence-electron chi connectivity index (χ0n) is 9.30. The molecule has 0 aliphatic carbocycles. The normalized spacial score (nSPS) is 10.3. The molecule has 1 N–H and O–H groups in total. The number of thioether (sulfide) groups is 1. The van der Waals surface area contributed by atoms with Gasteiger partial charge in [-0.1, -0.05) is 37.0 Å². The van der Waals surface area contributed by atoms with Crippen LogP contribution in [0.2, 0.25) is 10.0 Å². The van der Waals surface area contributed by atoms with E-state index in [4.69, 9.17) is 23.2 Å². The van der Waals surface area contributed by atoms with Gasteiger partial charge in [-0.15, -0.1) is 24.2 Å². The van der Waals surface area contributed by atoms with Gasteiger partial charge < -0.3 is 5.32 Å². The highest BCUT2D eigenvalue weighted by Crippen LogP contribution is 2.27. The van der Waals surface area contributed by atoms with Gasteiger partial charge in [0.2, 0.25) is 0 Å². The first kappa shape index (κ1) is 16.4. The van der Waals surface area contributed by atoms with E-state index in [-0.39, 0.29) is 12.4 Å². The van der Waals surface area contributed by atoms with Gasteiger partial charge in [-0.05, 0) is 18.2 Å². The number of hydrogen-bond donors (Lipinski definition) is 1. The number of halogens is 3. The molecule has 0 amide bonds. The Kier molecular flexibility index (Phi) is 8.70. The number of hydrogen-bond acceptors (Lipinski definition) is 2. The van der Waals surface area contributed by atoms with Crippen LogP contribution >= 0.6 is 47.4 Å². The molecule has 1 nitrogen and oxygen atoms in total. The third-order valence-corrected chi connectivity index (χ3v) is 3.55. The van der Waals surface area contributed by atoms with Gasteiger partial charge in [-0.25, -0.2) is 0 Å². The topological polar surface area (TPSA) is 12.0 Å². The molecule has 1 aromatic rings. The summed E-state index contributed by atoms with van der Waals surface area (Å²) < 4.78 is 0. The first-order valence-corrected chi connectivity index (χ1v) is 6.65. The van der Waals surface area contributed by atoms with E-state index in [0.717, 1.165) is 17.2 Å². The first-order valence-electron chi connectivity index (χ1n) is 4.91. The highest BCUT2D eigenvalue weighted by Gasteiger charge is 2.00. The summed E-state index contributed by atoms with van der Waals surface area (Å²) in [5.41, 5.74) is 0. The van der Waals surface area contributed by atoms with Crippen LogP contribution < -0.4 is 5.32 Å². The summed E-state index contributed by atoms with van der Waals surface area (Å²) >= 11 is 13.5. The second-order valence-electron chi connectivity index (χ2n) is 3.53. The van der Waals surface area contributed by atoms with Crippen LogP contribution in [0.3, 0.4) is 0 Å². The Bertz CT molecular complexity index is 318. The smallest absolute Gasteiger partial charge is 0.0603 e. The Morgan fingerprint density at radius 2 is 1.94 bits per heavy atom. The highest BCUT2D eigenvalue weighted by molar-refractivity contribution is 7.99. The van der Waals surface area contributed by atoms with Crippen LogP contribution in [-0.4, -0.2) is 18.3 Å². The fourth-order valence-corrected chi connectivity index (χ4v) is 2.27. The Labute approximate surface area is 118 Å². The van der Waals surface area contributed by atoms with Crippen molar-refractivity contribution in [3.05, 3.63) is 28.2 Å². The van der Waals surface area contributed by atoms with E-state index in [1.165, 1.54) is 0 Å². The van der Waals surface area contributed by atoms with E-state index in [2.05, 4.69) is 19.2 Å². The summed E-state index contributed by atoms with van der Waals surface area (Å²) in [6.45, 7) is 5.29. The third kappa shape index (κ3) is 6.21. The van der Waals surface area contributed by atoms with Gasteiger partial charge >= 0.3 is 0 Å². The maximum Gasteiger partial charge on any atom is 0.0603 e. The molecule has 0 radical (unpaired) electrons. The lowest BCUT2D eigenvalue weighted by Gasteiger charge is -2.07. The van der Waals surface area contributed by atoms with Gasteiger partial charge in [0.1, 0.15) is 0 Å². The summed E-state index contributed by atoms with van der Waals surface area (Å²) in [7, 11) is 0. The van der Waals surface area contributed by atoms with Crippen LogP contribution in [-0.2, 0) is 0 Å². The van der Waals surface area contributed by atoms with Gasteiger partial charge in [-0.3, -0.25) is 0 Å². The maximum absolute atomic E-state index is 5.92. The predicted molar refractivity (Wildman–Crippen MR) is 77.6 cm³/mol. The first-order chi connectivity index (χ1) is 7.09. The molecular formula is C11H16Cl3NS. The Morgan fingerprint density at radius 3 is 2.50 bits per heavy atom. The number of nitrogens with one attached hydrogen (secondary N) is 1. The van der Waals surface area contributed by atoms with Crippen molar-refractivity contribution in [2.24, 2.45) is 0 Å². The molecule has 0 bridgehead atoms. The van der Waals surface area contributed by atoms with Crippen LogP contribution in [0, 0.1) is 0 Å². The molecule has 0 aromatic heterocycles. The van der Waals surface area contributed by atoms with Crippen molar-refractivity contribution in [1.82, 2.24) is 5.32 Å². The lowest BCUT2D eigenvalue weighted by Crippen LogP contribution is -2.24. The summed E-state index contributed by atoms with van der Waals surface area (Å²) in [5, 5.41) is 4.60. The molecule has 0 saturated heterocycles. The van der Waals surface area contributed by atoms with Crippen LogP contribution in [0.5, 0.6) is 0 Å². The minimum absolute atomic E-state index is 0. The van der Waals surface area contributed by atoms with Crippen molar-refractivity contribution in [3.63, 3.8) is 0 Å². The van der Waals surface area contributed by atoms with Crippen molar-refractivity contribution < 1.29 is 0 Å². The molecule has 0 saturated carbocycles. The van der Waals surface area contributed by atoms with E-state index >= 15 is 0 Å². The molecule has 0 spiro atoms. The molecule has 0 aliphatic heterocycles. The predicted octanol–water partition coefficient (Wildman–Crippen LogP) is 4.51. The fraction of sp³-hybridized carbons (Fsp3) is 0.455. The third-order valence-electron chi connectivity index (χ3n) is 1.81. The van der Waals surface area contributed by atoms with Crippen LogP contribution in [0.15, 0.2) is 23.1 Å². The lowest BCUT2D eigenvalue weighted by molar-refractivity contribution is 0.616. The van der Waals surface area contributed by atoms with Gasteiger partial charge in [0.25, 0.3) is 0 Å². The zero-order chi connectivity index (χ0) is 11.3. The van der Waals surface area contributed by atoms with E-state index in [9.17, 15) is 0 Å². The fourth-order valence-electron chi connectivity index (χ4n) is 1.08. The van der Waals surface area contributed by atoms with E-state index < -0.39 is 0 Å². The molecule has 5 heteroatoms. The summed E-state index contributed by atoms with van der Waals surface area (Å²) in [6.07, 6.45) is 0. The van der Waals surface area contributed by atoms with Gasteiger partial charge in [0.05, 0.1) is 10.0 Å². The second-order valence-corrected chi connectivity index (χ2v) is 5.52. The summed E-state index contributed by atoms with van der Waals surface area (Å²) in [6, 6.07) is 6.28. The van der Waals surface area contributed by atoms with Crippen molar-refractivity contribution in [3.8, 4) is 0 Å². The molecule has 1 aromatic carbocycles. The quantitative estimate of drug-likeness (QED) is 0.634. The van der Waals surface area contributed by atoms with E-state index in [0.29, 0.717) is 16.1 Å². The van der Waals surface area contributed by atoms with Crippen LogP contribution in [0.1, 0.15) is 13.8 Å². The van der Waals surface area contributed by atoms with Crippen molar-refractivity contribution in [1.29, 1.82) is 0 Å². The Morgan fingerprint density at radius 1 is 1.25 bits per heavy atom. The number of rotatable bonds is 5. The molecule has 1 rings (SSSR count). The second kappa shape index (κ2) is 8.48. The molecule has 16 heavy (non-hydrogen) atoms. The monoisotopic (exact) mass is 299 g/mol. The Hall–Kier alpha value is 0.400. The summed E-state index contributed by atoms with van der Waals surface area (Å²) in [5.74, 6) is 1.04. The average Bonchev–Trinajstić information content (AvgIpc) is 2.18. The largest absolute Gasteiger partial charge is 0.314 e. The molecule has 0 unspecified atom stereocenters. The van der Waals surface area contributed by atoms with Crippen molar-refractivity contribution >= 4 is 47.4 Å². The minimum atomic E-state index is 0. The van der Waals surface area contributed by atoms with Crippen molar-refractivity contribution in [2.45, 2.75) is 24.8 Å². The van der Waals surface area contributed by atoms with Crippen molar-refractivity contribution in [2.75, 3.05) is 12.3 Å². The minimum Gasteiger partial charge on any atom is -0.314 e. The SMILES string of the molecule is CC(C)NCCSc1ccc(Cl)c(Cl)c1.Cl. The van der Waals surface area contributed by atoms with Crippen LogP contribution in [0.4, 0.5) is 0 Å². The zero-order valence-corrected chi connectivity index (χ0v) is 12.4. The summed E-state index contributed by atoms with van der Waals surface area (Å²) in [4.78, 5) is 1.16. The van der Waals surface area contributed by atoms with Gasteiger partial charge in [0, 0.05) is 23.2 Å². The molecule has 92 valence electrons. The number of benzene rings is 1. The lowest BCUT2D eigenvalue weighted by atomic mass is 10.4. The average molecular weight is 301 g/mol. The molecule has 0 aliphatic rings. The molecule has 0 atom stereocenters. The highest BCUT2D eigenvalue weighted by atomic mass is 35.5. The standard InChI is InChI=1S/C11H15Cl2NS.ClH/c1-8(2)14-5-6-15-9-3-4-10(12)11(13)7-9;/h3-4,7-8,14H,5-6H2,1-2H3;1H. The van der Waals surface area contributed by atoms with Gasteiger partial charge in [0.15, 0.2) is 0 Å². The molecular weight excluding hydrogens is 285 g/mol. The van der Waals surface area contributed by atoms with Gasteiger partial charge in [-0.2, -0.15) is 0 Å². The van der Waals surface area contributed by atoms with E-state index in [1.807, 2.05) is 18.2 Å². The molecule has 0 fully saturated rings.